The molecule has 0 aliphatic heterocycles. The molecule has 0 bridgehead atoms. The maximum absolute atomic E-state index is 11.3. The lowest BCUT2D eigenvalue weighted by Gasteiger charge is -2.08. The molecule has 0 aliphatic rings. The molecule has 0 radical (unpaired) electrons. The summed E-state index contributed by atoms with van der Waals surface area (Å²) in [7, 11) is 1.60. The molecule has 5 heteroatoms. The highest BCUT2D eigenvalue weighted by molar-refractivity contribution is 7.80. The lowest BCUT2D eigenvalue weighted by atomic mass is 10.2. The minimum Gasteiger partial charge on any atom is -0.497 e. The normalized spacial score (nSPS) is 10.4. The fourth-order valence-electron chi connectivity index (χ4n) is 2.00. The van der Waals surface area contributed by atoms with Crippen molar-refractivity contribution in [1.82, 2.24) is 0 Å². The molecule has 0 spiro atoms. The minimum absolute atomic E-state index is 0.334. The van der Waals surface area contributed by atoms with E-state index in [4.69, 9.17) is 26.1 Å². The van der Waals surface area contributed by atoms with Crippen molar-refractivity contribution in [2.24, 2.45) is 0 Å². The third-order valence-corrected chi connectivity index (χ3v) is 3.45. The smallest absolute Gasteiger partial charge is 0.336 e. The van der Waals surface area contributed by atoms with Gasteiger partial charge < -0.3 is 13.9 Å². The lowest BCUT2D eigenvalue weighted by Crippen LogP contribution is -2.07. The van der Waals surface area contributed by atoms with Gasteiger partial charge in [0.1, 0.15) is 17.1 Å². The molecule has 1 heterocycles. The molecule has 1 aromatic heterocycles. The Bertz CT molecular complexity index is 881. The van der Waals surface area contributed by atoms with Crippen LogP contribution in [0.5, 0.6) is 11.5 Å². The maximum Gasteiger partial charge on any atom is 0.336 e. The van der Waals surface area contributed by atoms with E-state index in [1.165, 1.54) is 6.07 Å². The summed E-state index contributed by atoms with van der Waals surface area (Å²) in [6, 6.07) is 15.6. The molecule has 110 valence electrons. The van der Waals surface area contributed by atoms with Crippen LogP contribution in [0.3, 0.4) is 0 Å². The zero-order chi connectivity index (χ0) is 15.5. The summed E-state index contributed by atoms with van der Waals surface area (Å²) in [6.45, 7) is 0. The molecule has 22 heavy (non-hydrogen) atoms. The predicted molar refractivity (Wildman–Crippen MR) is 87.8 cm³/mol. The van der Waals surface area contributed by atoms with Gasteiger partial charge in [0, 0.05) is 23.1 Å². The Kier molecular flexibility index (Phi) is 3.89. The number of hydrogen-bond donors (Lipinski definition) is 0. The molecule has 0 unspecified atom stereocenters. The monoisotopic (exact) mass is 312 g/mol. The quantitative estimate of drug-likeness (QED) is 0.547. The molecule has 0 fully saturated rings. The molecular formula is C17H12O4S. The van der Waals surface area contributed by atoms with Crippen molar-refractivity contribution < 1.29 is 13.9 Å². The number of thiocarbonyl (C=S) groups is 1. The summed E-state index contributed by atoms with van der Waals surface area (Å²) in [5.74, 6) is 1.27. The van der Waals surface area contributed by atoms with Crippen molar-refractivity contribution in [2.75, 3.05) is 7.11 Å². The van der Waals surface area contributed by atoms with Crippen molar-refractivity contribution in [3.63, 3.8) is 0 Å². The minimum atomic E-state index is -0.401. The molecule has 3 aromatic rings. The molecule has 3 rings (SSSR count). The van der Waals surface area contributed by atoms with Crippen molar-refractivity contribution in [3.8, 4) is 11.5 Å². The van der Waals surface area contributed by atoms with Crippen LogP contribution in [0.25, 0.3) is 11.0 Å². The van der Waals surface area contributed by atoms with Crippen molar-refractivity contribution in [3.05, 3.63) is 70.6 Å². The van der Waals surface area contributed by atoms with Gasteiger partial charge in [-0.05, 0) is 54.7 Å². The first-order valence-corrected chi connectivity index (χ1v) is 6.97. The zero-order valence-electron chi connectivity index (χ0n) is 11.7. The van der Waals surface area contributed by atoms with E-state index in [0.29, 0.717) is 16.4 Å². The first kappa shape index (κ1) is 14.3. The second kappa shape index (κ2) is 5.99. The standard InChI is InChI=1S/C17H12O4S/c1-19-13-6-3-12(4-7-13)17(22)20-14-8-2-11-5-9-16(18)21-15(11)10-14/h2-10H,1H3. The van der Waals surface area contributed by atoms with Gasteiger partial charge in [0.2, 0.25) is 0 Å². The predicted octanol–water partition coefficient (Wildman–Crippen LogP) is 3.56. The Balaban J connectivity index is 1.85. The van der Waals surface area contributed by atoms with E-state index in [1.54, 1.807) is 25.3 Å². The van der Waals surface area contributed by atoms with Crippen LogP contribution < -0.4 is 15.1 Å². The Labute approximate surface area is 131 Å². The van der Waals surface area contributed by atoms with Gasteiger partial charge in [-0.25, -0.2) is 4.79 Å². The summed E-state index contributed by atoms with van der Waals surface area (Å²) >= 11 is 5.28. The van der Waals surface area contributed by atoms with Gasteiger partial charge in [-0.3, -0.25) is 0 Å². The summed E-state index contributed by atoms with van der Waals surface area (Å²) in [6.07, 6.45) is 0. The van der Waals surface area contributed by atoms with Crippen LogP contribution in [-0.2, 0) is 0 Å². The molecule has 4 nitrogen and oxygen atoms in total. The van der Waals surface area contributed by atoms with E-state index in [-0.39, 0.29) is 0 Å². The van der Waals surface area contributed by atoms with Gasteiger partial charge >= 0.3 is 5.63 Å². The molecule has 0 saturated carbocycles. The Morgan fingerprint density at radius 2 is 1.68 bits per heavy atom. The second-order valence-corrected chi connectivity index (χ2v) is 4.94. The van der Waals surface area contributed by atoms with Gasteiger partial charge in [0.05, 0.1) is 7.11 Å². The third-order valence-electron chi connectivity index (χ3n) is 3.13. The number of fused-ring (bicyclic) bond motifs is 1. The number of hydrogen-bond acceptors (Lipinski definition) is 5. The van der Waals surface area contributed by atoms with E-state index in [1.807, 2.05) is 30.3 Å². The molecule has 0 N–H and O–H groups in total. The van der Waals surface area contributed by atoms with Crippen molar-refractivity contribution >= 4 is 28.2 Å². The summed E-state index contributed by atoms with van der Waals surface area (Å²) in [5.41, 5.74) is 0.829. The number of ether oxygens (including phenoxy) is 2. The van der Waals surface area contributed by atoms with Gasteiger partial charge in [0.15, 0.2) is 5.05 Å². The Hall–Kier alpha value is -2.66. The fraction of sp³-hybridized carbons (Fsp3) is 0.0588. The van der Waals surface area contributed by atoms with Crippen LogP contribution in [0.4, 0.5) is 0 Å². The van der Waals surface area contributed by atoms with Crippen molar-refractivity contribution in [2.45, 2.75) is 0 Å². The number of rotatable bonds is 3. The van der Waals surface area contributed by atoms with Gasteiger partial charge in [-0.15, -0.1) is 0 Å². The number of benzene rings is 2. The molecule has 2 aromatic carbocycles. The summed E-state index contributed by atoms with van der Waals surface area (Å²) in [4.78, 5) is 11.3. The average Bonchev–Trinajstić information content (AvgIpc) is 2.54. The maximum atomic E-state index is 11.3. The molecular weight excluding hydrogens is 300 g/mol. The van der Waals surface area contributed by atoms with Crippen LogP contribution in [0.15, 0.2) is 63.8 Å². The first-order chi connectivity index (χ1) is 10.7. The fourth-order valence-corrected chi connectivity index (χ4v) is 2.23. The second-order valence-electron chi connectivity index (χ2n) is 4.57. The molecule has 0 amide bonds. The lowest BCUT2D eigenvalue weighted by molar-refractivity contribution is 0.414. The molecule has 0 saturated heterocycles. The molecule has 0 aliphatic carbocycles. The first-order valence-electron chi connectivity index (χ1n) is 6.56. The van der Waals surface area contributed by atoms with Gasteiger partial charge in [-0.2, -0.15) is 0 Å². The highest BCUT2D eigenvalue weighted by Gasteiger charge is 2.06. The van der Waals surface area contributed by atoms with Crippen LogP contribution in [-0.4, -0.2) is 12.2 Å². The van der Waals surface area contributed by atoms with Crippen LogP contribution in [0.1, 0.15) is 5.56 Å². The van der Waals surface area contributed by atoms with Crippen molar-refractivity contribution in [1.29, 1.82) is 0 Å². The van der Waals surface area contributed by atoms with Gasteiger partial charge in [-0.1, -0.05) is 0 Å². The van der Waals surface area contributed by atoms with Gasteiger partial charge in [0.25, 0.3) is 0 Å². The molecule has 0 atom stereocenters. The Morgan fingerprint density at radius 1 is 1.00 bits per heavy atom. The summed E-state index contributed by atoms with van der Waals surface area (Å²) < 4.78 is 15.9. The highest BCUT2D eigenvalue weighted by Crippen LogP contribution is 2.21. The third kappa shape index (κ3) is 2.99. The van der Waals surface area contributed by atoms with E-state index in [0.717, 1.165) is 16.7 Å². The van der Waals surface area contributed by atoms with Crippen LogP contribution in [0, 0.1) is 0 Å². The van der Waals surface area contributed by atoms with Crippen LogP contribution in [0.2, 0.25) is 0 Å². The zero-order valence-corrected chi connectivity index (χ0v) is 12.6. The summed E-state index contributed by atoms with van der Waals surface area (Å²) in [5, 5.41) is 1.16. The number of methoxy groups -OCH3 is 1. The average molecular weight is 312 g/mol. The highest BCUT2D eigenvalue weighted by atomic mass is 32.1. The Morgan fingerprint density at radius 3 is 2.41 bits per heavy atom. The largest absolute Gasteiger partial charge is 0.497 e. The van der Waals surface area contributed by atoms with E-state index in [9.17, 15) is 4.79 Å². The topological polar surface area (TPSA) is 48.7 Å². The van der Waals surface area contributed by atoms with Crippen LogP contribution >= 0.6 is 12.2 Å². The van der Waals surface area contributed by atoms with E-state index < -0.39 is 5.63 Å². The SMILES string of the molecule is COc1ccc(C(=S)Oc2ccc3ccc(=O)oc3c2)cc1. The van der Waals surface area contributed by atoms with E-state index in [2.05, 4.69) is 0 Å². The van der Waals surface area contributed by atoms with E-state index >= 15 is 0 Å².